The lowest BCUT2D eigenvalue weighted by molar-refractivity contribution is 1.04. The van der Waals surface area contributed by atoms with E-state index in [1.165, 1.54) is 8.86 Å². The van der Waals surface area contributed by atoms with E-state index in [0.717, 1.165) is 7.85 Å². The number of halogens is 4. The summed E-state index contributed by atoms with van der Waals surface area (Å²) < 4.78 is 4.25. The monoisotopic (exact) mass is 562 g/mol. The number of hydrogen-bond donors (Lipinski definition) is 0. The summed E-state index contributed by atoms with van der Waals surface area (Å²) in [4.78, 5) is 0. The molecule has 0 aromatic rings. The Morgan fingerprint density at radius 1 is 0.875 bits per heavy atom. The van der Waals surface area contributed by atoms with Crippen LogP contribution in [0.2, 0.25) is 0 Å². The molecule has 0 bridgehead atoms. The summed E-state index contributed by atoms with van der Waals surface area (Å²) >= 11 is 9.90. The fourth-order valence-electron chi connectivity index (χ4n) is 0.193. The molecule has 0 nitrogen and oxygen atoms in total. The van der Waals surface area contributed by atoms with Crippen LogP contribution in [-0.4, -0.2) is 16.7 Å². The van der Waals surface area contributed by atoms with E-state index in [0.29, 0.717) is 0 Å². The van der Waals surface area contributed by atoms with Crippen LogP contribution in [0.15, 0.2) is 0 Å². The maximum atomic E-state index is 2.51. The molecule has 0 saturated carbocycles. The third kappa shape index (κ3) is 4.69. The van der Waals surface area contributed by atoms with Gasteiger partial charge in [-0.1, -0.05) is 90.4 Å². The highest BCUT2D eigenvalue weighted by atomic mass is 127. The smallest absolute Gasteiger partial charge is 0.0324 e. The van der Waals surface area contributed by atoms with Crippen LogP contribution < -0.4 is 0 Å². The summed E-state index contributed by atoms with van der Waals surface area (Å²) in [6.45, 7) is 0. The Labute approximate surface area is 105 Å². The maximum absolute atomic E-state index is 2.51. The Morgan fingerprint density at radius 2 is 1.12 bits per heavy atom. The zero-order valence-electron chi connectivity index (χ0n) is 4.08. The molecule has 2 unspecified atom stereocenters. The van der Waals surface area contributed by atoms with Crippen molar-refractivity contribution in [3.05, 3.63) is 0 Å². The Hall–Kier alpha value is 2.92. The molecule has 0 saturated heterocycles. The van der Waals surface area contributed by atoms with E-state index >= 15 is 0 Å². The van der Waals surface area contributed by atoms with Crippen LogP contribution in [-0.2, 0) is 0 Å². The largest absolute Gasteiger partial charge is 0.0852 e. The molecule has 0 aliphatic carbocycles. The first-order chi connectivity index (χ1) is 3.72. The summed E-state index contributed by atoms with van der Waals surface area (Å²) in [5.41, 5.74) is 0. The fourth-order valence-corrected chi connectivity index (χ4v) is 3.88. The van der Waals surface area contributed by atoms with E-state index in [2.05, 4.69) is 90.4 Å². The van der Waals surface area contributed by atoms with Gasteiger partial charge in [-0.15, -0.1) is 0 Å². The zero-order valence-corrected chi connectivity index (χ0v) is 12.7. The van der Waals surface area contributed by atoms with Crippen LogP contribution in [0.5, 0.6) is 0 Å². The second kappa shape index (κ2) is 6.62. The van der Waals surface area contributed by atoms with Gasteiger partial charge in [-0.05, 0) is 0 Å². The molecule has 0 amide bonds. The minimum absolute atomic E-state index is 0.852. The minimum atomic E-state index is 0.852. The second-order valence-corrected chi connectivity index (χ2v) is 6.30. The summed E-state index contributed by atoms with van der Waals surface area (Å²) in [7, 11) is 0. The van der Waals surface area contributed by atoms with Gasteiger partial charge in [0.1, 0.15) is 0 Å². The van der Waals surface area contributed by atoms with Gasteiger partial charge in [0.05, 0.1) is 0 Å². The van der Waals surface area contributed by atoms with Crippen molar-refractivity contribution >= 4 is 90.4 Å². The lowest BCUT2D eigenvalue weighted by Crippen LogP contribution is -2.15. The highest BCUT2D eigenvalue weighted by molar-refractivity contribution is 14.1. The van der Waals surface area contributed by atoms with Gasteiger partial charge in [-0.2, -0.15) is 0 Å². The molecule has 50 valence electrons. The Kier molecular flexibility index (Phi) is 9.04. The highest BCUT2D eigenvalue weighted by Crippen LogP contribution is 2.19. The van der Waals surface area contributed by atoms with Crippen LogP contribution >= 0.6 is 90.4 Å². The Morgan fingerprint density at radius 3 is 1.25 bits per heavy atom. The van der Waals surface area contributed by atoms with Crippen molar-refractivity contribution in [2.24, 2.45) is 0 Å². The first kappa shape index (κ1) is 10.9. The molecular weight excluding hydrogens is 556 g/mol. The second-order valence-electron chi connectivity index (χ2n) is 1.34. The van der Waals surface area contributed by atoms with E-state index in [-0.39, 0.29) is 0 Å². The van der Waals surface area contributed by atoms with Crippen molar-refractivity contribution in [3.63, 3.8) is 0 Å². The van der Waals surface area contributed by atoms with Gasteiger partial charge < -0.3 is 0 Å². The molecule has 2 atom stereocenters. The molecule has 8 heavy (non-hydrogen) atoms. The number of rotatable bonds is 3. The molecule has 0 N–H and O–H groups in total. The molecular formula is C4H6I4. The van der Waals surface area contributed by atoms with Gasteiger partial charge in [0.2, 0.25) is 0 Å². The molecule has 4 heteroatoms. The average molecular weight is 562 g/mol. The van der Waals surface area contributed by atoms with Gasteiger partial charge in [-0.3, -0.25) is 0 Å². The van der Waals surface area contributed by atoms with Crippen LogP contribution in [0.25, 0.3) is 0 Å². The molecule has 0 radical (unpaired) electrons. The Balaban J connectivity index is 3.29. The van der Waals surface area contributed by atoms with Crippen molar-refractivity contribution in [2.75, 3.05) is 8.86 Å². The summed E-state index contributed by atoms with van der Waals surface area (Å²) in [5, 5.41) is 0. The first-order valence-electron chi connectivity index (χ1n) is 2.12. The minimum Gasteiger partial charge on any atom is -0.0852 e. The van der Waals surface area contributed by atoms with Crippen molar-refractivity contribution in [3.8, 4) is 0 Å². The number of alkyl halides is 4. The average Bonchev–Trinajstić information content (AvgIpc) is 1.84. The van der Waals surface area contributed by atoms with E-state index in [4.69, 9.17) is 0 Å². The molecule has 0 aliphatic rings. The summed E-state index contributed by atoms with van der Waals surface area (Å²) in [6, 6.07) is 0. The van der Waals surface area contributed by atoms with Crippen LogP contribution in [0.1, 0.15) is 0 Å². The summed E-state index contributed by atoms with van der Waals surface area (Å²) in [5.74, 6) is 0. The normalized spacial score (nSPS) is 18.0. The zero-order chi connectivity index (χ0) is 6.57. The lowest BCUT2D eigenvalue weighted by atomic mass is 10.4. The molecule has 0 aromatic carbocycles. The standard InChI is InChI=1S/C4H6I4/c5-1-3(7)4(8)2-6/h3-4H,1-2H2. The van der Waals surface area contributed by atoms with Gasteiger partial charge >= 0.3 is 0 Å². The van der Waals surface area contributed by atoms with Crippen LogP contribution in [0, 0.1) is 0 Å². The Bertz CT molecular complexity index is 48.0. The molecule has 0 heterocycles. The van der Waals surface area contributed by atoms with Crippen molar-refractivity contribution < 1.29 is 0 Å². The molecule has 0 fully saturated rings. The first-order valence-corrected chi connectivity index (χ1v) is 7.66. The van der Waals surface area contributed by atoms with Gasteiger partial charge in [0.25, 0.3) is 0 Å². The van der Waals surface area contributed by atoms with E-state index < -0.39 is 0 Å². The highest BCUT2D eigenvalue weighted by Gasteiger charge is 2.11. The third-order valence-electron chi connectivity index (χ3n) is 0.687. The van der Waals surface area contributed by atoms with E-state index in [1.54, 1.807) is 0 Å². The van der Waals surface area contributed by atoms with Crippen molar-refractivity contribution in [1.82, 2.24) is 0 Å². The van der Waals surface area contributed by atoms with Crippen molar-refractivity contribution in [1.29, 1.82) is 0 Å². The summed E-state index contributed by atoms with van der Waals surface area (Å²) in [6.07, 6.45) is 0. The maximum Gasteiger partial charge on any atom is 0.0324 e. The van der Waals surface area contributed by atoms with Crippen molar-refractivity contribution in [2.45, 2.75) is 7.85 Å². The molecule has 0 aliphatic heterocycles. The lowest BCUT2D eigenvalue weighted by Gasteiger charge is -2.09. The van der Waals surface area contributed by atoms with Gasteiger partial charge in [0.15, 0.2) is 0 Å². The van der Waals surface area contributed by atoms with Crippen LogP contribution in [0.3, 0.4) is 0 Å². The fraction of sp³-hybridized carbons (Fsp3) is 1.00. The molecule has 0 spiro atoms. The van der Waals surface area contributed by atoms with E-state index in [1.807, 2.05) is 0 Å². The van der Waals surface area contributed by atoms with Gasteiger partial charge in [-0.25, -0.2) is 0 Å². The van der Waals surface area contributed by atoms with Crippen LogP contribution in [0.4, 0.5) is 0 Å². The quantitative estimate of drug-likeness (QED) is 0.366. The SMILES string of the molecule is ICC(I)C(I)CI. The van der Waals surface area contributed by atoms with E-state index in [9.17, 15) is 0 Å². The molecule has 0 rings (SSSR count). The predicted molar refractivity (Wildman–Crippen MR) is 73.4 cm³/mol. The predicted octanol–water partition coefficient (Wildman–Crippen LogP) is 3.46. The topological polar surface area (TPSA) is 0 Å². The molecule has 0 aromatic heterocycles. The third-order valence-corrected chi connectivity index (χ3v) is 9.95. The number of hydrogen-bond acceptors (Lipinski definition) is 0. The van der Waals surface area contributed by atoms with Gasteiger partial charge in [0, 0.05) is 16.7 Å².